The maximum absolute atomic E-state index is 11.8. The first-order valence-electron chi connectivity index (χ1n) is 7.90. The monoisotopic (exact) mass is 370 g/mol. The molecule has 0 fully saturated rings. The number of aromatic carboxylic acids is 1. The molecular weight excluding hydrogens is 352 g/mol. The lowest BCUT2D eigenvalue weighted by molar-refractivity contribution is 0.0692. The first-order chi connectivity index (χ1) is 13.0. The van der Waals surface area contributed by atoms with Gasteiger partial charge in [-0.3, -0.25) is 4.57 Å². The Morgan fingerprint density at radius 2 is 1.59 bits per heavy atom. The number of hydrogen-bond acceptors (Lipinski definition) is 7. The quantitative estimate of drug-likeness (QED) is 0.704. The zero-order chi connectivity index (χ0) is 19.6. The third-order valence-corrected chi connectivity index (χ3v) is 3.99. The molecule has 0 aliphatic carbocycles. The summed E-state index contributed by atoms with van der Waals surface area (Å²) in [6.07, 6.45) is 4.71. The molecule has 0 bridgehead atoms. The van der Waals surface area contributed by atoms with Crippen LogP contribution < -0.4 is 14.2 Å². The summed E-state index contributed by atoms with van der Waals surface area (Å²) in [5, 5.41) is 17.3. The summed E-state index contributed by atoms with van der Waals surface area (Å²) < 4.78 is 17.8. The van der Waals surface area contributed by atoms with Crippen LogP contribution in [0, 0.1) is 6.92 Å². The Labute approximate surface area is 155 Å². The van der Waals surface area contributed by atoms with E-state index in [1.807, 2.05) is 13.0 Å². The van der Waals surface area contributed by atoms with E-state index in [-0.39, 0.29) is 17.1 Å². The van der Waals surface area contributed by atoms with Crippen molar-refractivity contribution in [3.63, 3.8) is 0 Å². The zero-order valence-electron chi connectivity index (χ0n) is 15.3. The Hall–Kier alpha value is -3.62. The number of aryl methyl sites for hydroxylation is 1. The fourth-order valence-corrected chi connectivity index (χ4v) is 2.85. The molecule has 0 unspecified atom stereocenters. The number of hydrogen-bond donors (Lipinski definition) is 1. The number of aromatic nitrogens is 4. The maximum Gasteiger partial charge on any atom is 0.339 e. The van der Waals surface area contributed by atoms with Crippen molar-refractivity contribution in [3.8, 4) is 34.2 Å². The zero-order valence-corrected chi connectivity index (χ0v) is 15.3. The average molecular weight is 370 g/mol. The molecule has 0 atom stereocenters. The number of pyridine rings is 1. The Balaban J connectivity index is 2.40. The molecule has 27 heavy (non-hydrogen) atoms. The molecule has 1 N–H and O–H groups in total. The molecule has 2 aromatic heterocycles. The molecular formula is C18H18N4O5. The molecule has 0 saturated carbocycles. The van der Waals surface area contributed by atoms with Crippen LogP contribution in [-0.2, 0) is 0 Å². The predicted octanol–water partition coefficient (Wildman–Crippen LogP) is 2.36. The fraction of sp³-hybridized carbons (Fsp3) is 0.222. The smallest absolute Gasteiger partial charge is 0.339 e. The molecule has 2 heterocycles. The van der Waals surface area contributed by atoms with Crippen molar-refractivity contribution in [3.05, 3.63) is 42.1 Å². The van der Waals surface area contributed by atoms with Crippen LogP contribution >= 0.6 is 0 Å². The minimum Gasteiger partial charge on any atom is -0.492 e. The molecule has 9 heteroatoms. The number of ether oxygens (including phenoxy) is 3. The van der Waals surface area contributed by atoms with E-state index in [0.29, 0.717) is 22.7 Å². The summed E-state index contributed by atoms with van der Waals surface area (Å²) in [5.41, 5.74) is 1.96. The van der Waals surface area contributed by atoms with Crippen LogP contribution in [0.2, 0.25) is 0 Å². The SMILES string of the molecule is COc1c(C(=O)O)cc(-c2cc(C)cnc2-n2cnnc2)c(OC)c1OC. The summed E-state index contributed by atoms with van der Waals surface area (Å²) in [5.74, 6) is -0.0304. The van der Waals surface area contributed by atoms with E-state index < -0.39 is 5.97 Å². The summed E-state index contributed by atoms with van der Waals surface area (Å²) in [6, 6.07) is 3.35. The van der Waals surface area contributed by atoms with Gasteiger partial charge in [-0.25, -0.2) is 9.78 Å². The maximum atomic E-state index is 11.8. The molecule has 9 nitrogen and oxygen atoms in total. The van der Waals surface area contributed by atoms with Crippen LogP contribution in [0.3, 0.4) is 0 Å². The van der Waals surface area contributed by atoms with Gasteiger partial charge in [0, 0.05) is 17.3 Å². The lowest BCUT2D eigenvalue weighted by atomic mass is 9.99. The predicted molar refractivity (Wildman–Crippen MR) is 95.9 cm³/mol. The van der Waals surface area contributed by atoms with Gasteiger partial charge in [-0.2, -0.15) is 0 Å². The van der Waals surface area contributed by atoms with Gasteiger partial charge in [0.2, 0.25) is 5.75 Å². The Kier molecular flexibility index (Phi) is 4.93. The van der Waals surface area contributed by atoms with Gasteiger partial charge in [0.1, 0.15) is 24.0 Å². The average Bonchev–Trinajstić information content (AvgIpc) is 3.20. The highest BCUT2D eigenvalue weighted by Gasteiger charge is 2.26. The molecule has 3 rings (SSSR count). The topological polar surface area (TPSA) is 109 Å². The van der Waals surface area contributed by atoms with Crippen LogP contribution in [0.4, 0.5) is 0 Å². The van der Waals surface area contributed by atoms with Crippen LogP contribution in [-0.4, -0.2) is 52.2 Å². The third-order valence-electron chi connectivity index (χ3n) is 3.99. The first-order valence-corrected chi connectivity index (χ1v) is 7.90. The van der Waals surface area contributed by atoms with E-state index in [2.05, 4.69) is 15.2 Å². The van der Waals surface area contributed by atoms with Crippen molar-refractivity contribution < 1.29 is 24.1 Å². The Bertz CT molecular complexity index is 986. The number of carbonyl (C=O) groups is 1. The number of carboxylic acid groups (broad SMARTS) is 1. The third kappa shape index (κ3) is 3.14. The molecule has 3 aromatic rings. The summed E-state index contributed by atoms with van der Waals surface area (Å²) in [4.78, 5) is 16.2. The second-order valence-corrected chi connectivity index (χ2v) is 5.63. The van der Waals surface area contributed by atoms with Crippen molar-refractivity contribution in [1.82, 2.24) is 19.7 Å². The van der Waals surface area contributed by atoms with Crippen molar-refractivity contribution >= 4 is 5.97 Å². The minimum absolute atomic E-state index is 0.0543. The van der Waals surface area contributed by atoms with Crippen LogP contribution in [0.1, 0.15) is 15.9 Å². The molecule has 0 spiro atoms. The van der Waals surface area contributed by atoms with E-state index in [1.165, 1.54) is 40.1 Å². The van der Waals surface area contributed by atoms with Gasteiger partial charge in [0.15, 0.2) is 11.5 Å². The highest BCUT2D eigenvalue weighted by Crippen LogP contribution is 2.47. The largest absolute Gasteiger partial charge is 0.492 e. The minimum atomic E-state index is -1.15. The van der Waals surface area contributed by atoms with Gasteiger partial charge in [-0.05, 0) is 24.6 Å². The molecule has 0 radical (unpaired) electrons. The normalized spacial score (nSPS) is 10.5. The van der Waals surface area contributed by atoms with Gasteiger partial charge in [-0.15, -0.1) is 10.2 Å². The molecule has 0 aliphatic rings. The second-order valence-electron chi connectivity index (χ2n) is 5.63. The van der Waals surface area contributed by atoms with Crippen molar-refractivity contribution in [1.29, 1.82) is 0 Å². The van der Waals surface area contributed by atoms with Gasteiger partial charge < -0.3 is 19.3 Å². The van der Waals surface area contributed by atoms with E-state index in [4.69, 9.17) is 14.2 Å². The van der Waals surface area contributed by atoms with Gasteiger partial charge in [-0.1, -0.05) is 0 Å². The van der Waals surface area contributed by atoms with Gasteiger partial charge >= 0.3 is 5.97 Å². The number of carboxylic acids is 1. The first kappa shape index (κ1) is 18.2. The van der Waals surface area contributed by atoms with Crippen LogP contribution in [0.5, 0.6) is 17.2 Å². The van der Waals surface area contributed by atoms with E-state index in [0.717, 1.165) is 5.56 Å². The van der Waals surface area contributed by atoms with E-state index in [1.54, 1.807) is 10.8 Å². The van der Waals surface area contributed by atoms with Gasteiger partial charge in [0.05, 0.1) is 21.3 Å². The van der Waals surface area contributed by atoms with Crippen LogP contribution in [0.25, 0.3) is 16.9 Å². The summed E-state index contributed by atoms with van der Waals surface area (Å²) in [6.45, 7) is 1.89. The molecule has 140 valence electrons. The van der Waals surface area contributed by atoms with E-state index in [9.17, 15) is 9.90 Å². The number of nitrogens with zero attached hydrogens (tertiary/aromatic N) is 4. The lowest BCUT2D eigenvalue weighted by Gasteiger charge is -2.19. The fourth-order valence-electron chi connectivity index (χ4n) is 2.85. The summed E-state index contributed by atoms with van der Waals surface area (Å²) in [7, 11) is 4.27. The Morgan fingerprint density at radius 3 is 2.15 bits per heavy atom. The standard InChI is InChI=1S/C18H18N4O5/c1-10-5-12(17(19-7-10)22-8-20-21-9-22)11-6-13(18(23)24)15(26-3)16(27-4)14(11)25-2/h5-9H,1-4H3,(H,23,24). The lowest BCUT2D eigenvalue weighted by Crippen LogP contribution is -2.07. The Morgan fingerprint density at radius 1 is 0.963 bits per heavy atom. The van der Waals surface area contributed by atoms with E-state index >= 15 is 0 Å². The molecule has 0 saturated heterocycles. The number of methoxy groups -OCH3 is 3. The van der Waals surface area contributed by atoms with Crippen molar-refractivity contribution in [2.75, 3.05) is 21.3 Å². The second kappa shape index (κ2) is 7.32. The highest BCUT2D eigenvalue weighted by atomic mass is 16.5. The van der Waals surface area contributed by atoms with Crippen molar-refractivity contribution in [2.24, 2.45) is 0 Å². The highest BCUT2D eigenvalue weighted by molar-refractivity contribution is 5.96. The van der Waals surface area contributed by atoms with Crippen LogP contribution in [0.15, 0.2) is 31.0 Å². The number of rotatable bonds is 6. The molecule has 0 aliphatic heterocycles. The summed E-state index contributed by atoms with van der Waals surface area (Å²) >= 11 is 0. The van der Waals surface area contributed by atoms with Crippen molar-refractivity contribution in [2.45, 2.75) is 6.92 Å². The van der Waals surface area contributed by atoms with Gasteiger partial charge in [0.25, 0.3) is 0 Å². The number of benzene rings is 1. The molecule has 0 amide bonds. The molecule has 1 aromatic carbocycles.